The molecule has 1 aliphatic heterocycles. The minimum atomic E-state index is 0.171. The third-order valence-corrected chi connectivity index (χ3v) is 4.15. The molecular weight excluding hydrogens is 274 g/mol. The van der Waals surface area contributed by atoms with Gasteiger partial charge in [0, 0.05) is 31.4 Å². The summed E-state index contributed by atoms with van der Waals surface area (Å²) in [5.74, 6) is 0.887. The van der Waals surface area contributed by atoms with Gasteiger partial charge in [-0.3, -0.25) is 0 Å². The van der Waals surface area contributed by atoms with Gasteiger partial charge in [0.25, 0.3) is 0 Å². The van der Waals surface area contributed by atoms with Gasteiger partial charge in [0.05, 0.1) is 12.7 Å². The number of ether oxygens (including phenoxy) is 1. The van der Waals surface area contributed by atoms with Gasteiger partial charge >= 0.3 is 0 Å². The van der Waals surface area contributed by atoms with E-state index >= 15 is 0 Å². The zero-order valence-electron chi connectivity index (χ0n) is 13.3. The zero-order chi connectivity index (χ0) is 15.4. The second-order valence-electron chi connectivity index (χ2n) is 5.73. The van der Waals surface area contributed by atoms with Gasteiger partial charge in [-0.1, -0.05) is 31.2 Å². The Morgan fingerprint density at radius 2 is 2.09 bits per heavy atom. The molecule has 0 radical (unpaired) electrons. The first-order chi connectivity index (χ1) is 10.8. The number of morpholine rings is 1. The van der Waals surface area contributed by atoms with Crippen LogP contribution in [0.2, 0.25) is 0 Å². The van der Waals surface area contributed by atoms with E-state index in [4.69, 9.17) is 4.74 Å². The molecule has 3 rings (SSSR count). The van der Waals surface area contributed by atoms with Gasteiger partial charge in [-0.05, 0) is 30.0 Å². The average Bonchev–Trinajstić information content (AvgIpc) is 2.57. The number of benzene rings is 1. The lowest BCUT2D eigenvalue weighted by Gasteiger charge is -2.24. The number of aryl methyl sites for hydroxylation is 2. The van der Waals surface area contributed by atoms with Gasteiger partial charge in [-0.15, -0.1) is 0 Å². The fourth-order valence-corrected chi connectivity index (χ4v) is 2.78. The quantitative estimate of drug-likeness (QED) is 0.942. The first-order valence-corrected chi connectivity index (χ1v) is 7.99. The van der Waals surface area contributed by atoms with Crippen LogP contribution in [0.4, 0.5) is 0 Å². The first-order valence-electron chi connectivity index (χ1n) is 7.99. The average molecular weight is 297 g/mol. The van der Waals surface area contributed by atoms with Crippen LogP contribution in [0.25, 0.3) is 0 Å². The highest BCUT2D eigenvalue weighted by Gasteiger charge is 2.15. The lowest BCUT2D eigenvalue weighted by atomic mass is 10.0. The summed E-state index contributed by atoms with van der Waals surface area (Å²) in [6, 6.07) is 8.61. The predicted molar refractivity (Wildman–Crippen MR) is 87.0 cm³/mol. The van der Waals surface area contributed by atoms with Crippen LogP contribution in [0.5, 0.6) is 0 Å². The van der Waals surface area contributed by atoms with E-state index in [0.717, 1.165) is 44.1 Å². The highest BCUT2D eigenvalue weighted by atomic mass is 16.5. The zero-order valence-corrected chi connectivity index (χ0v) is 13.3. The Kier molecular flexibility index (Phi) is 4.80. The summed E-state index contributed by atoms with van der Waals surface area (Å²) in [7, 11) is 0. The maximum absolute atomic E-state index is 5.78. The Balaban J connectivity index is 1.69. The Morgan fingerprint density at radius 3 is 2.73 bits per heavy atom. The predicted octanol–water partition coefficient (Wildman–Crippen LogP) is 2.60. The van der Waals surface area contributed by atoms with E-state index in [1.807, 2.05) is 6.20 Å². The van der Waals surface area contributed by atoms with Crippen molar-refractivity contribution in [1.82, 2.24) is 15.3 Å². The van der Waals surface area contributed by atoms with Crippen molar-refractivity contribution in [2.24, 2.45) is 0 Å². The monoisotopic (exact) mass is 297 g/mol. The molecule has 1 aromatic heterocycles. The molecule has 0 bridgehead atoms. The smallest absolute Gasteiger partial charge is 0.132 e. The van der Waals surface area contributed by atoms with E-state index < -0.39 is 0 Å². The fraction of sp³-hybridized carbons (Fsp3) is 0.444. The molecule has 0 unspecified atom stereocenters. The van der Waals surface area contributed by atoms with E-state index in [1.165, 1.54) is 16.7 Å². The Morgan fingerprint density at radius 1 is 1.27 bits per heavy atom. The third kappa shape index (κ3) is 3.51. The molecule has 0 amide bonds. The molecule has 1 saturated heterocycles. The number of nitrogens with zero attached hydrogens (tertiary/aromatic N) is 2. The Bertz CT molecular complexity index is 619. The van der Waals surface area contributed by atoms with E-state index in [-0.39, 0.29) is 6.10 Å². The molecule has 116 valence electrons. The molecular formula is C18H23N3O. The topological polar surface area (TPSA) is 47.0 Å². The number of hydrogen-bond donors (Lipinski definition) is 1. The Labute approximate surface area is 132 Å². The molecule has 1 aromatic carbocycles. The van der Waals surface area contributed by atoms with Crippen molar-refractivity contribution >= 4 is 0 Å². The van der Waals surface area contributed by atoms with Gasteiger partial charge in [-0.2, -0.15) is 0 Å². The van der Waals surface area contributed by atoms with E-state index in [2.05, 4.69) is 53.4 Å². The van der Waals surface area contributed by atoms with Crippen LogP contribution < -0.4 is 5.32 Å². The van der Waals surface area contributed by atoms with E-state index in [9.17, 15) is 0 Å². The molecule has 1 atom stereocenters. The van der Waals surface area contributed by atoms with Gasteiger partial charge < -0.3 is 10.1 Å². The number of nitrogens with one attached hydrogen (secondary N) is 1. The summed E-state index contributed by atoms with van der Waals surface area (Å²) < 4.78 is 5.78. The van der Waals surface area contributed by atoms with Gasteiger partial charge in [0.1, 0.15) is 5.82 Å². The first kappa shape index (κ1) is 15.1. The van der Waals surface area contributed by atoms with Crippen molar-refractivity contribution < 1.29 is 4.74 Å². The molecule has 1 fully saturated rings. The summed E-state index contributed by atoms with van der Waals surface area (Å²) in [6.45, 7) is 6.80. The van der Waals surface area contributed by atoms with Crippen molar-refractivity contribution in [2.75, 3.05) is 19.7 Å². The highest BCUT2D eigenvalue weighted by Crippen LogP contribution is 2.20. The van der Waals surface area contributed by atoms with Crippen molar-refractivity contribution in [3.63, 3.8) is 0 Å². The lowest BCUT2D eigenvalue weighted by molar-refractivity contribution is 0.0277. The molecule has 1 aliphatic rings. The second-order valence-corrected chi connectivity index (χ2v) is 5.73. The lowest BCUT2D eigenvalue weighted by Crippen LogP contribution is -2.33. The summed E-state index contributed by atoms with van der Waals surface area (Å²) in [5.41, 5.74) is 4.78. The van der Waals surface area contributed by atoms with Gasteiger partial charge in [0.2, 0.25) is 0 Å². The van der Waals surface area contributed by atoms with Crippen molar-refractivity contribution in [2.45, 2.75) is 32.8 Å². The minimum Gasteiger partial charge on any atom is -0.371 e. The van der Waals surface area contributed by atoms with Crippen molar-refractivity contribution in [3.8, 4) is 0 Å². The second kappa shape index (κ2) is 6.99. The van der Waals surface area contributed by atoms with Crippen molar-refractivity contribution in [3.05, 3.63) is 58.7 Å². The summed E-state index contributed by atoms with van der Waals surface area (Å²) in [4.78, 5) is 9.08. The molecule has 1 N–H and O–H groups in total. The molecule has 4 heteroatoms. The van der Waals surface area contributed by atoms with Crippen LogP contribution in [-0.4, -0.2) is 29.7 Å². The molecule has 0 saturated carbocycles. The summed E-state index contributed by atoms with van der Waals surface area (Å²) in [5, 5.41) is 3.36. The SMILES string of the molecule is CCc1cnc(Cc2ccc([C@H]3CNCCO3)cc2)nc1C. The number of aromatic nitrogens is 2. The summed E-state index contributed by atoms with van der Waals surface area (Å²) in [6.07, 6.45) is 3.88. The van der Waals surface area contributed by atoms with Gasteiger partial charge in [0.15, 0.2) is 0 Å². The maximum Gasteiger partial charge on any atom is 0.132 e. The molecule has 4 nitrogen and oxygen atoms in total. The largest absolute Gasteiger partial charge is 0.371 e. The molecule has 0 aliphatic carbocycles. The van der Waals surface area contributed by atoms with Crippen LogP contribution in [0.1, 0.15) is 41.2 Å². The Hall–Kier alpha value is -1.78. The van der Waals surface area contributed by atoms with Crippen molar-refractivity contribution in [1.29, 1.82) is 0 Å². The summed E-state index contributed by atoms with van der Waals surface area (Å²) >= 11 is 0. The molecule has 22 heavy (non-hydrogen) atoms. The maximum atomic E-state index is 5.78. The normalized spacial score (nSPS) is 18.4. The molecule has 2 aromatic rings. The number of hydrogen-bond acceptors (Lipinski definition) is 4. The fourth-order valence-electron chi connectivity index (χ4n) is 2.78. The standard InChI is InChI=1S/C18H23N3O/c1-3-15-11-20-18(21-13(15)2)10-14-4-6-16(7-5-14)17-12-19-8-9-22-17/h4-7,11,17,19H,3,8-10,12H2,1-2H3/t17-/m1/s1. The van der Waals surface area contributed by atoms with E-state index in [0.29, 0.717) is 0 Å². The van der Waals surface area contributed by atoms with Crippen LogP contribution in [0.3, 0.4) is 0 Å². The van der Waals surface area contributed by atoms with Crippen LogP contribution in [-0.2, 0) is 17.6 Å². The van der Waals surface area contributed by atoms with E-state index in [1.54, 1.807) is 0 Å². The van der Waals surface area contributed by atoms with Crippen LogP contribution in [0, 0.1) is 6.92 Å². The van der Waals surface area contributed by atoms with Crippen LogP contribution >= 0.6 is 0 Å². The minimum absolute atomic E-state index is 0.171. The molecule has 0 spiro atoms. The van der Waals surface area contributed by atoms with Gasteiger partial charge in [-0.25, -0.2) is 9.97 Å². The number of rotatable bonds is 4. The molecule has 2 heterocycles. The third-order valence-electron chi connectivity index (χ3n) is 4.15. The van der Waals surface area contributed by atoms with Crippen LogP contribution in [0.15, 0.2) is 30.5 Å². The highest BCUT2D eigenvalue weighted by molar-refractivity contribution is 5.27.